The molecule has 104 valence electrons. The highest BCUT2D eigenvalue weighted by atomic mass is 31.2. The highest BCUT2D eigenvalue weighted by Crippen LogP contribution is 2.38. The van der Waals surface area contributed by atoms with E-state index in [2.05, 4.69) is 11.1 Å². The van der Waals surface area contributed by atoms with Gasteiger partial charge in [0.15, 0.2) is 12.8 Å². The Balaban J connectivity index is 1.99. The fourth-order valence-corrected chi connectivity index (χ4v) is 3.37. The number of nitrogens with zero attached hydrogens (tertiary/aromatic N) is 1. The topological polar surface area (TPSA) is 81.7 Å². The standard InChI is InChI=1S/C11H20NO5P/c1-9(2)17-11-7-12(8-16-18(13,14)15)5-3-10(11)4-6-12/h10-11H,1,3-8H2,2H3,(H-,13,14,15)/p-1. The Bertz CT molecular complexity index is 372. The van der Waals surface area contributed by atoms with Gasteiger partial charge in [0, 0.05) is 18.8 Å². The van der Waals surface area contributed by atoms with Gasteiger partial charge in [-0.3, -0.25) is 4.48 Å². The van der Waals surface area contributed by atoms with Gasteiger partial charge in [0.25, 0.3) is 0 Å². The first-order chi connectivity index (χ1) is 8.30. The number of phosphoric ester groups is 1. The summed E-state index contributed by atoms with van der Waals surface area (Å²) >= 11 is 0. The van der Waals surface area contributed by atoms with Crippen molar-refractivity contribution in [1.82, 2.24) is 0 Å². The minimum absolute atomic E-state index is 0.0614. The van der Waals surface area contributed by atoms with Crippen molar-refractivity contribution in [3.8, 4) is 0 Å². The monoisotopic (exact) mass is 276 g/mol. The zero-order chi connectivity index (χ0) is 13.4. The largest absolute Gasteiger partial charge is 0.790 e. The molecule has 3 aliphatic rings. The molecule has 0 N–H and O–H groups in total. The van der Waals surface area contributed by atoms with E-state index in [1.54, 1.807) is 0 Å². The number of hydrogen-bond donors (Lipinski definition) is 0. The van der Waals surface area contributed by atoms with Crippen molar-refractivity contribution in [3.63, 3.8) is 0 Å². The molecule has 0 aromatic heterocycles. The van der Waals surface area contributed by atoms with Gasteiger partial charge < -0.3 is 23.6 Å². The van der Waals surface area contributed by atoms with Crippen molar-refractivity contribution in [3.05, 3.63) is 12.3 Å². The molecular formula is C11H19NO5P-. The van der Waals surface area contributed by atoms with Gasteiger partial charge in [-0.25, -0.2) is 0 Å². The van der Waals surface area contributed by atoms with E-state index in [1.807, 2.05) is 6.92 Å². The lowest BCUT2D eigenvalue weighted by Gasteiger charge is -2.52. The van der Waals surface area contributed by atoms with Crippen molar-refractivity contribution < 1.29 is 28.1 Å². The number of piperidine rings is 3. The average molecular weight is 276 g/mol. The van der Waals surface area contributed by atoms with Gasteiger partial charge in [0.1, 0.15) is 6.54 Å². The van der Waals surface area contributed by atoms with Crippen LogP contribution in [0.5, 0.6) is 0 Å². The molecule has 7 heteroatoms. The number of allylic oxidation sites excluding steroid dienone is 1. The third-order valence-corrected chi connectivity index (χ3v) is 4.32. The summed E-state index contributed by atoms with van der Waals surface area (Å²) in [5.41, 5.74) is 0. The van der Waals surface area contributed by atoms with E-state index < -0.39 is 7.82 Å². The van der Waals surface area contributed by atoms with Crippen LogP contribution in [0.3, 0.4) is 0 Å². The van der Waals surface area contributed by atoms with Gasteiger partial charge >= 0.3 is 0 Å². The van der Waals surface area contributed by atoms with E-state index in [0.717, 1.165) is 25.9 Å². The summed E-state index contributed by atoms with van der Waals surface area (Å²) < 4.78 is 21.3. The van der Waals surface area contributed by atoms with Crippen LogP contribution in [0.4, 0.5) is 0 Å². The normalized spacial score (nSPS) is 35.5. The Labute approximate surface area is 107 Å². The molecule has 3 saturated heterocycles. The summed E-state index contributed by atoms with van der Waals surface area (Å²) in [6, 6.07) is 0. The maximum Gasteiger partial charge on any atom is 0.187 e. The van der Waals surface area contributed by atoms with Crippen LogP contribution in [0, 0.1) is 5.92 Å². The maximum atomic E-state index is 10.6. The maximum absolute atomic E-state index is 10.6. The van der Waals surface area contributed by atoms with Gasteiger partial charge in [0.2, 0.25) is 0 Å². The molecule has 6 nitrogen and oxygen atoms in total. The van der Waals surface area contributed by atoms with Crippen LogP contribution < -0.4 is 9.79 Å². The fraction of sp³-hybridized carbons (Fsp3) is 0.818. The van der Waals surface area contributed by atoms with E-state index in [0.29, 0.717) is 22.7 Å². The van der Waals surface area contributed by atoms with Gasteiger partial charge in [-0.05, 0) is 6.92 Å². The molecular weight excluding hydrogens is 257 g/mol. The highest BCUT2D eigenvalue weighted by Gasteiger charge is 2.47. The summed E-state index contributed by atoms with van der Waals surface area (Å²) in [4.78, 5) is 21.2. The molecule has 0 amide bonds. The zero-order valence-corrected chi connectivity index (χ0v) is 11.4. The van der Waals surface area contributed by atoms with Gasteiger partial charge in [-0.1, -0.05) is 6.58 Å². The quantitative estimate of drug-likeness (QED) is 0.399. The molecule has 2 bridgehead atoms. The smallest absolute Gasteiger partial charge is 0.187 e. The van der Waals surface area contributed by atoms with E-state index >= 15 is 0 Å². The van der Waals surface area contributed by atoms with Crippen molar-refractivity contribution in [2.75, 3.05) is 26.4 Å². The Kier molecular flexibility index (Phi) is 3.85. The number of rotatable bonds is 5. The molecule has 0 aromatic rings. The lowest BCUT2D eigenvalue weighted by molar-refractivity contribution is -0.960. The van der Waals surface area contributed by atoms with Crippen LogP contribution in [-0.2, 0) is 13.8 Å². The number of phosphoric acid groups is 1. The van der Waals surface area contributed by atoms with Gasteiger partial charge in [-0.2, -0.15) is 0 Å². The lowest BCUT2D eigenvalue weighted by Crippen LogP contribution is -2.64. The molecule has 0 aliphatic carbocycles. The zero-order valence-electron chi connectivity index (χ0n) is 10.5. The fourth-order valence-electron chi connectivity index (χ4n) is 2.99. The summed E-state index contributed by atoms with van der Waals surface area (Å²) in [5.74, 6) is 1.18. The molecule has 3 fully saturated rings. The number of fused-ring (bicyclic) bond motifs is 3. The predicted octanol–water partition coefficient (Wildman–Crippen LogP) is -0.0516. The van der Waals surface area contributed by atoms with E-state index in [-0.39, 0.29) is 12.8 Å². The lowest BCUT2D eigenvalue weighted by atomic mass is 9.83. The Morgan fingerprint density at radius 2 is 2.06 bits per heavy atom. The van der Waals surface area contributed by atoms with Crippen molar-refractivity contribution in [2.45, 2.75) is 25.9 Å². The molecule has 0 radical (unpaired) electrons. The molecule has 1 unspecified atom stereocenters. The first kappa shape index (κ1) is 14.0. The predicted molar refractivity (Wildman–Crippen MR) is 60.8 cm³/mol. The molecule has 3 rings (SSSR count). The second-order valence-electron chi connectivity index (χ2n) is 5.37. The summed E-state index contributed by atoms with van der Waals surface area (Å²) in [5, 5.41) is 0. The Morgan fingerprint density at radius 1 is 1.44 bits per heavy atom. The molecule has 1 atom stereocenters. The van der Waals surface area contributed by atoms with Crippen LogP contribution >= 0.6 is 7.82 Å². The van der Waals surface area contributed by atoms with Crippen molar-refractivity contribution >= 4 is 7.82 Å². The molecule has 0 aromatic carbocycles. The first-order valence-corrected chi connectivity index (χ1v) is 7.60. The molecule has 3 heterocycles. The number of hydrogen-bond acceptors (Lipinski definition) is 5. The average Bonchev–Trinajstić information content (AvgIpc) is 2.26. The van der Waals surface area contributed by atoms with Gasteiger partial charge in [0.05, 0.1) is 26.7 Å². The minimum Gasteiger partial charge on any atom is -0.790 e. The van der Waals surface area contributed by atoms with Crippen LogP contribution in [0.25, 0.3) is 0 Å². The van der Waals surface area contributed by atoms with E-state index in [1.165, 1.54) is 0 Å². The number of ether oxygens (including phenoxy) is 1. The first-order valence-electron chi connectivity index (χ1n) is 6.14. The third kappa shape index (κ3) is 3.33. The van der Waals surface area contributed by atoms with Crippen LogP contribution in [0.15, 0.2) is 12.3 Å². The summed E-state index contributed by atoms with van der Waals surface area (Å²) in [7, 11) is -4.89. The Hall–Kier alpha value is -0.390. The second kappa shape index (κ2) is 4.94. The molecule has 3 aliphatic heterocycles. The summed E-state index contributed by atoms with van der Waals surface area (Å²) in [6.45, 7) is 7.87. The van der Waals surface area contributed by atoms with Gasteiger partial charge in [-0.15, -0.1) is 0 Å². The number of quaternary nitrogens is 1. The van der Waals surface area contributed by atoms with E-state index in [4.69, 9.17) is 4.74 Å². The highest BCUT2D eigenvalue weighted by molar-refractivity contribution is 7.43. The molecule has 18 heavy (non-hydrogen) atoms. The third-order valence-electron chi connectivity index (χ3n) is 3.88. The van der Waals surface area contributed by atoms with Crippen LogP contribution in [-0.4, -0.2) is 37.0 Å². The molecule has 0 spiro atoms. The second-order valence-corrected chi connectivity index (χ2v) is 6.53. The van der Waals surface area contributed by atoms with E-state index in [9.17, 15) is 14.4 Å². The Morgan fingerprint density at radius 3 is 2.56 bits per heavy atom. The minimum atomic E-state index is -4.89. The van der Waals surface area contributed by atoms with Crippen molar-refractivity contribution in [1.29, 1.82) is 0 Å². The molecule has 0 saturated carbocycles. The van der Waals surface area contributed by atoms with Crippen molar-refractivity contribution in [2.24, 2.45) is 5.92 Å². The summed E-state index contributed by atoms with van der Waals surface area (Å²) in [6.07, 6.45) is 2.01. The van der Waals surface area contributed by atoms with Crippen LogP contribution in [0.2, 0.25) is 0 Å². The SMILES string of the molecule is C=C(C)OC1C[N+]2(COP(=O)([O-])[O-])CCC1CC2. The van der Waals surface area contributed by atoms with Crippen LogP contribution in [0.1, 0.15) is 19.8 Å².